The first-order valence-electron chi connectivity index (χ1n) is 5.46. The molecule has 1 amide bonds. The Kier molecular flexibility index (Phi) is 3.20. The first-order chi connectivity index (χ1) is 6.38. The second-order valence-electron chi connectivity index (χ2n) is 4.94. The smallest absolute Gasteiger partial charge is 0.242 e. The Labute approximate surface area is 86.6 Å². The SMILES string of the molecule is CCC(C)(N)C(=O)N1CC(C)C(C)C1. The van der Waals surface area contributed by atoms with Gasteiger partial charge in [-0.1, -0.05) is 20.8 Å². The van der Waals surface area contributed by atoms with Crippen LogP contribution in [-0.4, -0.2) is 29.4 Å². The molecule has 0 aliphatic carbocycles. The fourth-order valence-electron chi connectivity index (χ4n) is 1.81. The summed E-state index contributed by atoms with van der Waals surface area (Å²) in [6.45, 7) is 9.90. The van der Waals surface area contributed by atoms with E-state index in [2.05, 4.69) is 13.8 Å². The number of rotatable bonds is 2. The third kappa shape index (κ3) is 2.08. The summed E-state index contributed by atoms with van der Waals surface area (Å²) < 4.78 is 0. The predicted molar refractivity (Wildman–Crippen MR) is 57.8 cm³/mol. The minimum Gasteiger partial charge on any atom is -0.341 e. The first kappa shape index (κ1) is 11.5. The molecular weight excluding hydrogens is 176 g/mol. The van der Waals surface area contributed by atoms with Crippen LogP contribution in [0.4, 0.5) is 0 Å². The molecule has 2 N–H and O–H groups in total. The van der Waals surface area contributed by atoms with Crippen LogP contribution in [0.2, 0.25) is 0 Å². The van der Waals surface area contributed by atoms with E-state index in [1.54, 1.807) is 0 Å². The van der Waals surface area contributed by atoms with Crippen LogP contribution in [0.3, 0.4) is 0 Å². The summed E-state index contributed by atoms with van der Waals surface area (Å²) in [5.41, 5.74) is 5.26. The molecule has 3 heteroatoms. The molecule has 0 aromatic heterocycles. The van der Waals surface area contributed by atoms with Crippen molar-refractivity contribution in [1.29, 1.82) is 0 Å². The fraction of sp³-hybridized carbons (Fsp3) is 0.909. The monoisotopic (exact) mass is 198 g/mol. The lowest BCUT2D eigenvalue weighted by Crippen LogP contribution is -2.52. The van der Waals surface area contributed by atoms with Gasteiger partial charge < -0.3 is 10.6 Å². The Morgan fingerprint density at radius 2 is 1.86 bits per heavy atom. The van der Waals surface area contributed by atoms with Gasteiger partial charge in [-0.05, 0) is 25.2 Å². The molecule has 0 radical (unpaired) electrons. The lowest BCUT2D eigenvalue weighted by molar-refractivity contribution is -0.135. The molecule has 3 unspecified atom stereocenters. The zero-order valence-electron chi connectivity index (χ0n) is 9.71. The zero-order valence-corrected chi connectivity index (χ0v) is 9.71. The maximum atomic E-state index is 12.0. The number of nitrogens with zero attached hydrogens (tertiary/aromatic N) is 1. The van der Waals surface area contributed by atoms with Crippen LogP contribution < -0.4 is 5.73 Å². The quantitative estimate of drug-likeness (QED) is 0.725. The molecule has 0 bridgehead atoms. The lowest BCUT2D eigenvalue weighted by Gasteiger charge is -2.28. The topological polar surface area (TPSA) is 46.3 Å². The number of hydrogen-bond donors (Lipinski definition) is 1. The van der Waals surface area contributed by atoms with Crippen LogP contribution in [0.1, 0.15) is 34.1 Å². The third-order valence-electron chi connectivity index (χ3n) is 3.50. The van der Waals surface area contributed by atoms with E-state index in [0.717, 1.165) is 13.1 Å². The summed E-state index contributed by atoms with van der Waals surface area (Å²) in [5, 5.41) is 0. The number of amides is 1. The van der Waals surface area contributed by atoms with Crippen molar-refractivity contribution < 1.29 is 4.79 Å². The molecule has 0 saturated carbocycles. The zero-order chi connectivity index (χ0) is 10.9. The summed E-state index contributed by atoms with van der Waals surface area (Å²) in [5.74, 6) is 1.31. The van der Waals surface area contributed by atoms with Gasteiger partial charge in [0.05, 0.1) is 5.54 Å². The number of carbonyl (C=O) groups excluding carboxylic acids is 1. The van der Waals surface area contributed by atoms with Crippen LogP contribution in [0.15, 0.2) is 0 Å². The van der Waals surface area contributed by atoms with E-state index in [9.17, 15) is 4.79 Å². The van der Waals surface area contributed by atoms with Crippen molar-refractivity contribution in [2.45, 2.75) is 39.7 Å². The molecular formula is C11H22N2O. The Morgan fingerprint density at radius 3 is 2.21 bits per heavy atom. The molecule has 1 fully saturated rings. The average Bonchev–Trinajstić information content (AvgIpc) is 2.45. The minimum absolute atomic E-state index is 0.108. The minimum atomic E-state index is -0.677. The van der Waals surface area contributed by atoms with Gasteiger partial charge in [-0.25, -0.2) is 0 Å². The van der Waals surface area contributed by atoms with Crippen molar-refractivity contribution in [2.24, 2.45) is 17.6 Å². The molecule has 1 heterocycles. The summed E-state index contributed by atoms with van der Waals surface area (Å²) in [7, 11) is 0. The highest BCUT2D eigenvalue weighted by atomic mass is 16.2. The van der Waals surface area contributed by atoms with Crippen molar-refractivity contribution in [3.05, 3.63) is 0 Å². The Hall–Kier alpha value is -0.570. The van der Waals surface area contributed by atoms with E-state index >= 15 is 0 Å². The van der Waals surface area contributed by atoms with Crippen molar-refractivity contribution in [3.63, 3.8) is 0 Å². The molecule has 1 aliphatic heterocycles. The van der Waals surface area contributed by atoms with Crippen LogP contribution >= 0.6 is 0 Å². The summed E-state index contributed by atoms with van der Waals surface area (Å²) in [6.07, 6.45) is 0.699. The first-order valence-corrected chi connectivity index (χ1v) is 5.46. The van der Waals surface area contributed by atoms with Crippen molar-refractivity contribution in [3.8, 4) is 0 Å². The van der Waals surface area contributed by atoms with Gasteiger partial charge in [0.1, 0.15) is 0 Å². The summed E-state index contributed by atoms with van der Waals surface area (Å²) >= 11 is 0. The van der Waals surface area contributed by atoms with E-state index in [0.29, 0.717) is 18.3 Å². The second kappa shape index (κ2) is 3.89. The van der Waals surface area contributed by atoms with Gasteiger partial charge in [-0.15, -0.1) is 0 Å². The van der Waals surface area contributed by atoms with E-state index in [1.807, 2.05) is 18.7 Å². The summed E-state index contributed by atoms with van der Waals surface area (Å²) in [6, 6.07) is 0. The lowest BCUT2D eigenvalue weighted by atomic mass is 9.99. The highest BCUT2D eigenvalue weighted by Gasteiger charge is 2.36. The maximum absolute atomic E-state index is 12.0. The van der Waals surface area contributed by atoms with Gasteiger partial charge >= 0.3 is 0 Å². The highest BCUT2D eigenvalue weighted by molar-refractivity contribution is 5.85. The third-order valence-corrected chi connectivity index (χ3v) is 3.50. The number of carbonyl (C=O) groups is 1. The van der Waals surface area contributed by atoms with Crippen LogP contribution in [0, 0.1) is 11.8 Å². The largest absolute Gasteiger partial charge is 0.341 e. The standard InChI is InChI=1S/C11H22N2O/c1-5-11(4,12)10(14)13-6-8(2)9(3)7-13/h8-9H,5-7,12H2,1-4H3. The Balaban J connectivity index is 2.64. The predicted octanol–water partition coefficient (Wildman–Crippen LogP) is 1.23. The molecule has 1 rings (SSSR count). The van der Waals surface area contributed by atoms with Crippen molar-refractivity contribution in [1.82, 2.24) is 4.90 Å². The molecule has 82 valence electrons. The normalized spacial score (nSPS) is 31.6. The number of likely N-dealkylation sites (tertiary alicyclic amines) is 1. The van der Waals surface area contributed by atoms with Gasteiger partial charge in [0, 0.05) is 13.1 Å². The molecule has 3 atom stereocenters. The summed E-state index contributed by atoms with van der Waals surface area (Å²) in [4.78, 5) is 13.9. The van der Waals surface area contributed by atoms with Gasteiger partial charge in [0.15, 0.2) is 0 Å². The highest BCUT2D eigenvalue weighted by Crippen LogP contribution is 2.24. The fourth-order valence-corrected chi connectivity index (χ4v) is 1.81. The van der Waals surface area contributed by atoms with E-state index in [1.165, 1.54) is 0 Å². The molecule has 1 aliphatic rings. The Bertz CT molecular complexity index is 215. The van der Waals surface area contributed by atoms with Crippen molar-refractivity contribution in [2.75, 3.05) is 13.1 Å². The van der Waals surface area contributed by atoms with E-state index in [-0.39, 0.29) is 5.91 Å². The molecule has 0 aromatic carbocycles. The van der Waals surface area contributed by atoms with Crippen molar-refractivity contribution >= 4 is 5.91 Å². The van der Waals surface area contributed by atoms with Gasteiger partial charge in [0.25, 0.3) is 0 Å². The molecule has 1 saturated heterocycles. The molecule has 0 spiro atoms. The molecule has 14 heavy (non-hydrogen) atoms. The number of hydrogen-bond acceptors (Lipinski definition) is 2. The van der Waals surface area contributed by atoms with Crippen LogP contribution in [-0.2, 0) is 4.79 Å². The van der Waals surface area contributed by atoms with Crippen LogP contribution in [0.5, 0.6) is 0 Å². The van der Waals surface area contributed by atoms with Gasteiger partial charge in [-0.2, -0.15) is 0 Å². The van der Waals surface area contributed by atoms with Gasteiger partial charge in [-0.3, -0.25) is 4.79 Å². The van der Waals surface area contributed by atoms with Gasteiger partial charge in [0.2, 0.25) is 5.91 Å². The molecule has 0 aromatic rings. The number of nitrogens with two attached hydrogens (primary N) is 1. The average molecular weight is 198 g/mol. The Morgan fingerprint density at radius 1 is 1.43 bits per heavy atom. The molecule has 3 nitrogen and oxygen atoms in total. The van der Waals surface area contributed by atoms with E-state index < -0.39 is 5.54 Å². The van der Waals surface area contributed by atoms with E-state index in [4.69, 9.17) is 5.73 Å². The van der Waals surface area contributed by atoms with Crippen LogP contribution in [0.25, 0.3) is 0 Å². The second-order valence-corrected chi connectivity index (χ2v) is 4.94. The maximum Gasteiger partial charge on any atom is 0.242 e.